The summed E-state index contributed by atoms with van der Waals surface area (Å²) in [6.07, 6.45) is 1.95. The van der Waals surface area contributed by atoms with Crippen LogP contribution in [0.25, 0.3) is 5.65 Å². The Kier molecular flexibility index (Phi) is 2.34. The summed E-state index contributed by atoms with van der Waals surface area (Å²) in [5.41, 5.74) is 0.682. The summed E-state index contributed by atoms with van der Waals surface area (Å²) >= 11 is 0. The second-order valence-corrected chi connectivity index (χ2v) is 3.36. The molecule has 0 aliphatic rings. The van der Waals surface area contributed by atoms with Gasteiger partial charge in [0.1, 0.15) is 5.65 Å². The van der Waals surface area contributed by atoms with Gasteiger partial charge < -0.3 is 9.51 Å². The third kappa shape index (κ3) is 1.73. The third-order valence-corrected chi connectivity index (χ3v) is 2.21. The van der Waals surface area contributed by atoms with Crippen molar-refractivity contribution in [2.75, 3.05) is 0 Å². The van der Waals surface area contributed by atoms with E-state index in [-0.39, 0.29) is 5.69 Å². The van der Waals surface area contributed by atoms with E-state index in [9.17, 15) is 13.6 Å². The van der Waals surface area contributed by atoms with Crippen molar-refractivity contribution < 1.29 is 18.7 Å². The van der Waals surface area contributed by atoms with Gasteiger partial charge in [-0.05, 0) is 12.1 Å². The first kappa shape index (κ1) is 10.5. The van der Waals surface area contributed by atoms with Crippen molar-refractivity contribution in [3.05, 3.63) is 36.3 Å². The number of aliphatic carboxylic acids is 1. The van der Waals surface area contributed by atoms with Crippen LogP contribution in [0.15, 0.2) is 30.6 Å². The molecule has 0 saturated carbocycles. The Hall–Kier alpha value is -1.98. The van der Waals surface area contributed by atoms with Gasteiger partial charge in [0.05, 0.1) is 6.42 Å². The molecule has 0 bridgehead atoms. The maximum absolute atomic E-state index is 13.0. The first-order valence-corrected chi connectivity index (χ1v) is 4.53. The highest BCUT2D eigenvalue weighted by Crippen LogP contribution is 2.20. The Balaban J connectivity index is 2.38. The molecule has 2 aromatic heterocycles. The molecule has 0 saturated heterocycles. The lowest BCUT2D eigenvalue weighted by molar-refractivity contribution is -0.164. The fourth-order valence-electron chi connectivity index (χ4n) is 1.42. The molecule has 4 nitrogen and oxygen atoms in total. The van der Waals surface area contributed by atoms with E-state index in [1.807, 2.05) is 0 Å². The molecule has 2 heterocycles. The number of imidazole rings is 1. The van der Waals surface area contributed by atoms with E-state index >= 15 is 0 Å². The second kappa shape index (κ2) is 3.55. The quantitative estimate of drug-likeness (QED) is 0.864. The van der Waals surface area contributed by atoms with Gasteiger partial charge in [-0.15, -0.1) is 0 Å². The van der Waals surface area contributed by atoms with Crippen molar-refractivity contribution >= 4 is 11.6 Å². The SMILES string of the molecule is O=C(O)C(F)(F)Cc1cnc2ccccn12. The van der Waals surface area contributed by atoms with Crippen molar-refractivity contribution in [2.45, 2.75) is 12.3 Å². The Morgan fingerprint density at radius 2 is 2.25 bits per heavy atom. The highest BCUT2D eigenvalue weighted by atomic mass is 19.3. The summed E-state index contributed by atoms with van der Waals surface area (Å²) in [5.74, 6) is -5.90. The van der Waals surface area contributed by atoms with Crippen molar-refractivity contribution in [3.63, 3.8) is 0 Å². The lowest BCUT2D eigenvalue weighted by Gasteiger charge is -2.10. The van der Waals surface area contributed by atoms with E-state index in [0.29, 0.717) is 5.65 Å². The van der Waals surface area contributed by atoms with Crippen LogP contribution in [-0.2, 0) is 11.2 Å². The normalized spacial score (nSPS) is 11.9. The minimum absolute atomic E-state index is 0.169. The van der Waals surface area contributed by atoms with Crippen LogP contribution in [0, 0.1) is 0 Å². The molecule has 0 atom stereocenters. The number of hydrogen-bond donors (Lipinski definition) is 1. The predicted octanol–water partition coefficient (Wildman–Crippen LogP) is 1.60. The number of carbonyl (C=O) groups is 1. The summed E-state index contributed by atoms with van der Waals surface area (Å²) in [4.78, 5) is 14.2. The highest BCUT2D eigenvalue weighted by molar-refractivity contribution is 5.75. The molecule has 0 aliphatic heterocycles. The molecule has 2 rings (SSSR count). The third-order valence-electron chi connectivity index (χ3n) is 2.21. The highest BCUT2D eigenvalue weighted by Gasteiger charge is 2.39. The van der Waals surface area contributed by atoms with Crippen LogP contribution in [0.5, 0.6) is 0 Å². The van der Waals surface area contributed by atoms with E-state index in [0.717, 1.165) is 0 Å². The average molecular weight is 226 g/mol. The number of hydrogen-bond acceptors (Lipinski definition) is 2. The van der Waals surface area contributed by atoms with E-state index in [1.54, 1.807) is 24.4 Å². The molecule has 0 spiro atoms. The minimum Gasteiger partial charge on any atom is -0.477 e. The summed E-state index contributed by atoms with van der Waals surface area (Å²) in [7, 11) is 0. The molecular formula is C10H8F2N2O2. The van der Waals surface area contributed by atoms with Crippen LogP contribution in [0.4, 0.5) is 8.78 Å². The minimum atomic E-state index is -3.77. The van der Waals surface area contributed by atoms with E-state index in [2.05, 4.69) is 4.98 Å². The average Bonchev–Trinajstić information content (AvgIpc) is 2.61. The van der Waals surface area contributed by atoms with Gasteiger partial charge in [-0.25, -0.2) is 9.78 Å². The maximum Gasteiger partial charge on any atom is 0.374 e. The zero-order valence-electron chi connectivity index (χ0n) is 8.10. The number of rotatable bonds is 3. The van der Waals surface area contributed by atoms with Crippen molar-refractivity contribution in [2.24, 2.45) is 0 Å². The van der Waals surface area contributed by atoms with Crippen molar-refractivity contribution in [3.8, 4) is 0 Å². The number of aromatic nitrogens is 2. The molecule has 6 heteroatoms. The van der Waals surface area contributed by atoms with Crippen LogP contribution in [-0.4, -0.2) is 26.4 Å². The fraction of sp³-hybridized carbons (Fsp3) is 0.200. The Morgan fingerprint density at radius 3 is 2.94 bits per heavy atom. The molecule has 0 fully saturated rings. The summed E-state index contributed by atoms with van der Waals surface area (Å²) in [6.45, 7) is 0. The number of alkyl halides is 2. The zero-order chi connectivity index (χ0) is 11.8. The van der Waals surface area contributed by atoms with Gasteiger partial charge in [-0.1, -0.05) is 6.07 Å². The smallest absolute Gasteiger partial charge is 0.374 e. The standard InChI is InChI=1S/C10H8F2N2O2/c11-10(12,9(15)16)5-7-6-13-8-3-1-2-4-14(7)8/h1-4,6H,5H2,(H,15,16). The molecule has 0 amide bonds. The van der Waals surface area contributed by atoms with Crippen LogP contribution < -0.4 is 0 Å². The van der Waals surface area contributed by atoms with Gasteiger partial charge in [0.25, 0.3) is 0 Å². The number of nitrogens with zero attached hydrogens (tertiary/aromatic N) is 2. The van der Waals surface area contributed by atoms with Crippen LogP contribution >= 0.6 is 0 Å². The molecule has 2 aromatic rings. The molecule has 1 N–H and O–H groups in total. The predicted molar refractivity (Wildman–Crippen MR) is 51.5 cm³/mol. The summed E-state index contributed by atoms with van der Waals surface area (Å²) in [5, 5.41) is 8.33. The Labute approximate surface area is 89.2 Å². The summed E-state index contributed by atoms with van der Waals surface area (Å²) in [6, 6.07) is 5.04. The van der Waals surface area contributed by atoms with E-state index < -0.39 is 18.3 Å². The van der Waals surface area contributed by atoms with Gasteiger partial charge in [-0.2, -0.15) is 8.78 Å². The Morgan fingerprint density at radius 1 is 1.50 bits per heavy atom. The number of halogens is 2. The number of fused-ring (bicyclic) bond motifs is 1. The second-order valence-electron chi connectivity index (χ2n) is 3.36. The summed E-state index contributed by atoms with van der Waals surface area (Å²) < 4.78 is 27.4. The fourth-order valence-corrected chi connectivity index (χ4v) is 1.42. The molecule has 16 heavy (non-hydrogen) atoms. The Bertz CT molecular complexity index is 536. The lowest BCUT2D eigenvalue weighted by Crippen LogP contribution is -2.31. The molecule has 0 unspecified atom stereocenters. The van der Waals surface area contributed by atoms with Crippen LogP contribution in [0.2, 0.25) is 0 Å². The van der Waals surface area contributed by atoms with Gasteiger partial charge >= 0.3 is 11.9 Å². The zero-order valence-corrected chi connectivity index (χ0v) is 8.10. The van der Waals surface area contributed by atoms with E-state index in [1.165, 1.54) is 10.6 Å². The van der Waals surface area contributed by atoms with E-state index in [4.69, 9.17) is 5.11 Å². The number of carboxylic acid groups (broad SMARTS) is 1. The largest absolute Gasteiger partial charge is 0.477 e. The van der Waals surface area contributed by atoms with Crippen LogP contribution in [0.3, 0.4) is 0 Å². The van der Waals surface area contributed by atoms with Crippen LogP contribution in [0.1, 0.15) is 5.69 Å². The lowest BCUT2D eigenvalue weighted by atomic mass is 10.2. The monoisotopic (exact) mass is 226 g/mol. The van der Waals surface area contributed by atoms with Crippen molar-refractivity contribution in [1.29, 1.82) is 0 Å². The molecule has 0 aromatic carbocycles. The van der Waals surface area contributed by atoms with Crippen molar-refractivity contribution in [1.82, 2.24) is 9.38 Å². The van der Waals surface area contributed by atoms with Gasteiger partial charge in [-0.3, -0.25) is 0 Å². The molecule has 84 valence electrons. The van der Waals surface area contributed by atoms with Gasteiger partial charge in [0.2, 0.25) is 0 Å². The first-order valence-electron chi connectivity index (χ1n) is 4.53. The number of carboxylic acids is 1. The molecule has 0 aliphatic carbocycles. The van der Waals surface area contributed by atoms with Gasteiger partial charge in [0.15, 0.2) is 0 Å². The molecule has 0 radical (unpaired) electrons. The first-order chi connectivity index (χ1) is 7.50. The maximum atomic E-state index is 13.0. The number of pyridine rings is 1. The van der Waals surface area contributed by atoms with Gasteiger partial charge in [0, 0.05) is 18.1 Å². The topological polar surface area (TPSA) is 54.6 Å². The molecular weight excluding hydrogens is 218 g/mol.